The fourth-order valence-corrected chi connectivity index (χ4v) is 1.64. The molecule has 1 aliphatic rings. The summed E-state index contributed by atoms with van der Waals surface area (Å²) < 4.78 is 0. The van der Waals surface area contributed by atoms with Crippen molar-refractivity contribution < 1.29 is 4.92 Å². The highest BCUT2D eigenvalue weighted by Crippen LogP contribution is 2.11. The fraction of sp³-hybridized carbons (Fsp3) is 0.333. The Labute approximate surface area is 74.7 Å². The summed E-state index contributed by atoms with van der Waals surface area (Å²) >= 11 is 0. The molecule has 0 radical (unpaired) electrons. The van der Waals surface area contributed by atoms with E-state index in [-0.39, 0.29) is 10.8 Å². The van der Waals surface area contributed by atoms with Crippen LogP contribution in [0.1, 0.15) is 6.92 Å². The van der Waals surface area contributed by atoms with Gasteiger partial charge in [-0.15, -0.1) is 0 Å². The molecular formula is C9H10N2O2. The van der Waals surface area contributed by atoms with Gasteiger partial charge in [0.2, 0.25) is 6.04 Å². The van der Waals surface area contributed by atoms with E-state index in [0.717, 1.165) is 10.6 Å². The minimum atomic E-state index is -0.592. The Morgan fingerprint density at radius 2 is 2.31 bits per heavy atom. The third-order valence-electron chi connectivity index (χ3n) is 2.37. The molecule has 13 heavy (non-hydrogen) atoms. The summed E-state index contributed by atoms with van der Waals surface area (Å²) in [6.45, 7) is 1.86. The number of H-pyrrole nitrogens is 1. The van der Waals surface area contributed by atoms with Crippen molar-refractivity contribution in [3.8, 4) is 0 Å². The molecular weight excluding hydrogens is 168 g/mol. The SMILES string of the molecule is C[C@H]1C=c2cc[nH]c2=CC1[N+](=O)[O-]. The van der Waals surface area contributed by atoms with E-state index in [1.165, 1.54) is 0 Å². The van der Waals surface area contributed by atoms with Crippen molar-refractivity contribution in [1.29, 1.82) is 0 Å². The number of nitro groups is 1. The van der Waals surface area contributed by atoms with Gasteiger partial charge in [0.15, 0.2) is 0 Å². The predicted molar refractivity (Wildman–Crippen MR) is 48.9 cm³/mol. The molecule has 1 N–H and O–H groups in total. The van der Waals surface area contributed by atoms with Crippen LogP contribution in [0.2, 0.25) is 0 Å². The van der Waals surface area contributed by atoms with Gasteiger partial charge >= 0.3 is 0 Å². The van der Waals surface area contributed by atoms with E-state index in [4.69, 9.17) is 0 Å². The van der Waals surface area contributed by atoms with Crippen LogP contribution in [-0.2, 0) is 0 Å². The maximum Gasteiger partial charge on any atom is 0.239 e. The fourth-order valence-electron chi connectivity index (χ4n) is 1.64. The molecule has 0 fully saturated rings. The average Bonchev–Trinajstić information content (AvgIpc) is 2.48. The Balaban J connectivity index is 2.57. The van der Waals surface area contributed by atoms with E-state index in [1.54, 1.807) is 12.3 Å². The van der Waals surface area contributed by atoms with Crippen LogP contribution in [0.25, 0.3) is 12.2 Å². The van der Waals surface area contributed by atoms with E-state index in [0.29, 0.717) is 0 Å². The molecule has 1 aliphatic carbocycles. The molecule has 2 atom stereocenters. The third kappa shape index (κ3) is 1.24. The van der Waals surface area contributed by atoms with Crippen LogP contribution >= 0.6 is 0 Å². The van der Waals surface area contributed by atoms with Gasteiger partial charge in [-0.25, -0.2) is 0 Å². The molecule has 0 saturated carbocycles. The van der Waals surface area contributed by atoms with Crippen LogP contribution in [0.5, 0.6) is 0 Å². The number of nitrogens with zero attached hydrogens (tertiary/aromatic N) is 1. The van der Waals surface area contributed by atoms with Gasteiger partial charge in [-0.1, -0.05) is 13.0 Å². The van der Waals surface area contributed by atoms with Crippen molar-refractivity contribution in [3.63, 3.8) is 0 Å². The molecule has 0 aliphatic heterocycles. The molecule has 0 amide bonds. The minimum Gasteiger partial charge on any atom is -0.361 e. The Bertz CT molecular complexity index is 446. The molecule has 4 heteroatoms. The van der Waals surface area contributed by atoms with E-state index in [1.807, 2.05) is 19.1 Å². The van der Waals surface area contributed by atoms with Crippen molar-refractivity contribution in [1.82, 2.24) is 4.98 Å². The molecule has 68 valence electrons. The quantitative estimate of drug-likeness (QED) is 0.481. The van der Waals surface area contributed by atoms with Crippen LogP contribution in [0.4, 0.5) is 0 Å². The van der Waals surface area contributed by atoms with E-state index >= 15 is 0 Å². The first kappa shape index (κ1) is 8.04. The molecule has 0 saturated heterocycles. The van der Waals surface area contributed by atoms with Gasteiger partial charge in [0, 0.05) is 28.5 Å². The van der Waals surface area contributed by atoms with Gasteiger partial charge in [-0.05, 0) is 11.3 Å². The maximum absolute atomic E-state index is 10.6. The smallest absolute Gasteiger partial charge is 0.239 e. The van der Waals surface area contributed by atoms with Gasteiger partial charge in [-0.3, -0.25) is 10.1 Å². The zero-order valence-electron chi connectivity index (χ0n) is 7.23. The topological polar surface area (TPSA) is 58.9 Å². The molecule has 0 spiro atoms. The maximum atomic E-state index is 10.6. The second-order valence-corrected chi connectivity index (χ2v) is 3.32. The zero-order chi connectivity index (χ0) is 9.42. The van der Waals surface area contributed by atoms with E-state index < -0.39 is 6.04 Å². The Morgan fingerprint density at radius 3 is 3.00 bits per heavy atom. The molecule has 0 aromatic carbocycles. The van der Waals surface area contributed by atoms with Crippen LogP contribution in [0, 0.1) is 16.0 Å². The summed E-state index contributed by atoms with van der Waals surface area (Å²) in [7, 11) is 0. The molecule has 4 nitrogen and oxygen atoms in total. The van der Waals surface area contributed by atoms with Crippen LogP contribution in [-0.4, -0.2) is 15.9 Å². The summed E-state index contributed by atoms with van der Waals surface area (Å²) in [5.74, 6) is -0.0294. The first-order valence-electron chi connectivity index (χ1n) is 4.19. The summed E-state index contributed by atoms with van der Waals surface area (Å²) in [6, 6.07) is 1.34. The first-order chi connectivity index (χ1) is 6.18. The second kappa shape index (κ2) is 2.73. The summed E-state index contributed by atoms with van der Waals surface area (Å²) in [5.41, 5.74) is 0. The number of aromatic nitrogens is 1. The van der Waals surface area contributed by atoms with Gasteiger partial charge in [-0.2, -0.15) is 0 Å². The van der Waals surface area contributed by atoms with Crippen molar-refractivity contribution in [2.45, 2.75) is 13.0 Å². The molecule has 2 rings (SSSR count). The van der Waals surface area contributed by atoms with Crippen LogP contribution in [0.3, 0.4) is 0 Å². The molecule has 1 unspecified atom stereocenters. The van der Waals surface area contributed by atoms with Crippen LogP contribution in [0.15, 0.2) is 12.3 Å². The highest BCUT2D eigenvalue weighted by molar-refractivity contribution is 5.42. The van der Waals surface area contributed by atoms with Gasteiger partial charge in [0.05, 0.1) is 0 Å². The molecule has 0 bridgehead atoms. The number of fused-ring (bicyclic) bond motifs is 1. The first-order valence-corrected chi connectivity index (χ1v) is 4.19. The Kier molecular flexibility index (Phi) is 1.69. The lowest BCUT2D eigenvalue weighted by Crippen LogP contribution is -2.36. The van der Waals surface area contributed by atoms with Crippen molar-refractivity contribution in [3.05, 3.63) is 32.9 Å². The number of hydrogen-bond donors (Lipinski definition) is 1. The van der Waals surface area contributed by atoms with Gasteiger partial charge in [0.1, 0.15) is 0 Å². The zero-order valence-corrected chi connectivity index (χ0v) is 7.23. The summed E-state index contributed by atoms with van der Waals surface area (Å²) in [6.07, 6.45) is 5.41. The number of aromatic amines is 1. The molecule has 1 heterocycles. The monoisotopic (exact) mass is 178 g/mol. The van der Waals surface area contributed by atoms with E-state index in [2.05, 4.69) is 4.98 Å². The number of rotatable bonds is 1. The van der Waals surface area contributed by atoms with Crippen molar-refractivity contribution in [2.75, 3.05) is 0 Å². The lowest BCUT2D eigenvalue weighted by Gasteiger charge is -2.11. The average molecular weight is 178 g/mol. The van der Waals surface area contributed by atoms with Gasteiger partial charge in [0.25, 0.3) is 0 Å². The highest BCUT2D eigenvalue weighted by Gasteiger charge is 2.25. The van der Waals surface area contributed by atoms with Gasteiger partial charge < -0.3 is 4.98 Å². The standard InChI is InChI=1S/C9H10N2O2/c1-6-4-7-2-3-10-8(7)5-9(6)11(12)13/h2-6,9-10H,1H3/t6-,9?/m0/s1. The minimum absolute atomic E-state index is 0.0294. The number of hydrogen-bond acceptors (Lipinski definition) is 2. The normalized spacial score (nSPS) is 25.6. The highest BCUT2D eigenvalue weighted by atomic mass is 16.6. The molecule has 1 aromatic rings. The van der Waals surface area contributed by atoms with E-state index in [9.17, 15) is 10.1 Å². The number of nitrogens with one attached hydrogen (secondary N) is 1. The third-order valence-corrected chi connectivity index (χ3v) is 2.37. The predicted octanol–water partition coefficient (Wildman–Crippen LogP) is -0.129. The lowest BCUT2D eigenvalue weighted by atomic mass is 9.97. The largest absolute Gasteiger partial charge is 0.361 e. The van der Waals surface area contributed by atoms with Crippen molar-refractivity contribution in [2.24, 2.45) is 5.92 Å². The van der Waals surface area contributed by atoms with Crippen LogP contribution < -0.4 is 10.6 Å². The lowest BCUT2D eigenvalue weighted by molar-refractivity contribution is -0.509. The van der Waals surface area contributed by atoms with Crippen molar-refractivity contribution >= 4 is 12.2 Å². The summed E-state index contributed by atoms with van der Waals surface area (Å²) in [4.78, 5) is 13.4. The Morgan fingerprint density at radius 1 is 1.54 bits per heavy atom. The Hall–Kier alpha value is -1.58. The molecule has 1 aromatic heterocycles. The second-order valence-electron chi connectivity index (χ2n) is 3.32. The summed E-state index contributed by atoms with van der Waals surface area (Å²) in [5, 5.41) is 12.6.